The van der Waals surface area contributed by atoms with E-state index in [4.69, 9.17) is 16.2 Å². The zero-order valence-corrected chi connectivity index (χ0v) is 8.98. The Hall–Kier alpha value is -1.83. The first-order valence-corrected chi connectivity index (χ1v) is 4.85. The van der Waals surface area contributed by atoms with Crippen molar-refractivity contribution in [1.29, 1.82) is 5.41 Å². The van der Waals surface area contributed by atoms with Crippen LogP contribution in [-0.2, 0) is 0 Å². The zero-order chi connectivity index (χ0) is 12.8. The van der Waals surface area contributed by atoms with Crippen LogP contribution in [0.15, 0.2) is 12.4 Å². The lowest BCUT2D eigenvalue weighted by Gasteiger charge is -2.21. The molecule has 1 aromatic heterocycles. The number of nitrogens with zero attached hydrogens (tertiary/aromatic N) is 3. The Morgan fingerprint density at radius 1 is 1.47 bits per heavy atom. The molecule has 8 heteroatoms. The molecule has 0 aliphatic carbocycles. The number of halogens is 2. The highest BCUT2D eigenvalue weighted by Gasteiger charge is 2.14. The summed E-state index contributed by atoms with van der Waals surface area (Å²) in [6, 6.07) is 0. The van der Waals surface area contributed by atoms with E-state index in [0.717, 1.165) is 0 Å². The first kappa shape index (κ1) is 13.2. The number of hydrogen-bond acceptors (Lipinski definition) is 5. The Bertz CT molecular complexity index is 370. The first-order valence-electron chi connectivity index (χ1n) is 4.85. The van der Waals surface area contributed by atoms with Crippen molar-refractivity contribution in [2.75, 3.05) is 24.6 Å². The summed E-state index contributed by atoms with van der Waals surface area (Å²) in [7, 11) is 0. The van der Waals surface area contributed by atoms with Crippen molar-refractivity contribution in [3.8, 4) is 0 Å². The number of hydrogen-bond donors (Lipinski definition) is 3. The molecule has 0 atom stereocenters. The number of alkyl halides is 2. The van der Waals surface area contributed by atoms with Crippen molar-refractivity contribution in [2.45, 2.75) is 6.43 Å². The van der Waals surface area contributed by atoms with E-state index in [1.54, 1.807) is 0 Å². The lowest BCUT2D eigenvalue weighted by molar-refractivity contribution is 0.152. The van der Waals surface area contributed by atoms with Gasteiger partial charge in [0, 0.05) is 6.54 Å². The molecule has 17 heavy (non-hydrogen) atoms. The highest BCUT2D eigenvalue weighted by atomic mass is 19.3. The fourth-order valence-corrected chi connectivity index (χ4v) is 1.21. The number of nitrogens with one attached hydrogen (secondary N) is 1. The molecule has 0 amide bonds. The van der Waals surface area contributed by atoms with Gasteiger partial charge in [0.05, 0.1) is 25.5 Å². The number of nitrogens with two attached hydrogens (primary N) is 1. The molecule has 0 saturated carbocycles. The summed E-state index contributed by atoms with van der Waals surface area (Å²) in [5.41, 5.74) is 5.36. The molecule has 6 nitrogen and oxygen atoms in total. The van der Waals surface area contributed by atoms with Crippen molar-refractivity contribution in [3.63, 3.8) is 0 Å². The Morgan fingerprint density at radius 3 is 2.59 bits per heavy atom. The van der Waals surface area contributed by atoms with Crippen LogP contribution in [0.2, 0.25) is 0 Å². The van der Waals surface area contributed by atoms with Gasteiger partial charge in [-0.05, 0) is 0 Å². The van der Waals surface area contributed by atoms with E-state index < -0.39 is 13.0 Å². The molecule has 1 aromatic rings. The summed E-state index contributed by atoms with van der Waals surface area (Å²) in [5, 5.41) is 15.9. The summed E-state index contributed by atoms with van der Waals surface area (Å²) < 4.78 is 24.6. The largest absolute Gasteiger partial charge is 0.395 e. The minimum atomic E-state index is -2.53. The summed E-state index contributed by atoms with van der Waals surface area (Å²) in [5.74, 6) is -0.0315. The van der Waals surface area contributed by atoms with Crippen LogP contribution in [0.25, 0.3) is 0 Å². The molecule has 0 aromatic carbocycles. The first-order chi connectivity index (χ1) is 8.04. The second-order valence-corrected chi connectivity index (χ2v) is 3.23. The maximum Gasteiger partial charge on any atom is 0.255 e. The van der Waals surface area contributed by atoms with E-state index in [-0.39, 0.29) is 30.5 Å². The van der Waals surface area contributed by atoms with Gasteiger partial charge in [-0.15, -0.1) is 0 Å². The lowest BCUT2D eigenvalue weighted by Crippen LogP contribution is -2.32. The summed E-state index contributed by atoms with van der Waals surface area (Å²) in [6.45, 7) is -0.754. The SMILES string of the molecule is N=C(N)c1cnc(N(CCO)CC(F)F)cn1. The normalized spacial score (nSPS) is 10.6. The number of anilines is 1. The Labute approximate surface area is 96.6 Å². The van der Waals surface area contributed by atoms with Crippen LogP contribution in [0.5, 0.6) is 0 Å². The quantitative estimate of drug-likeness (QED) is 0.477. The fourth-order valence-electron chi connectivity index (χ4n) is 1.21. The number of aliphatic hydroxyl groups is 1. The third-order valence-corrected chi connectivity index (χ3v) is 1.97. The lowest BCUT2D eigenvalue weighted by atomic mass is 10.4. The summed E-state index contributed by atoms with van der Waals surface area (Å²) in [6.07, 6.45) is -0.0571. The standard InChI is InChI=1S/C9H13F2N5O/c10-7(11)5-16(1-2-17)8-4-14-6(3-15-8)9(12)13/h3-4,7,17H,1-2,5H2,(H3,12,13). The van der Waals surface area contributed by atoms with Crippen LogP contribution in [0, 0.1) is 5.41 Å². The van der Waals surface area contributed by atoms with Gasteiger partial charge in [-0.25, -0.2) is 18.7 Å². The van der Waals surface area contributed by atoms with Crippen molar-refractivity contribution >= 4 is 11.7 Å². The van der Waals surface area contributed by atoms with Gasteiger partial charge >= 0.3 is 0 Å². The molecule has 0 aliphatic rings. The van der Waals surface area contributed by atoms with Gasteiger partial charge < -0.3 is 15.7 Å². The number of rotatable bonds is 6. The van der Waals surface area contributed by atoms with Gasteiger partial charge in [0.25, 0.3) is 6.43 Å². The molecule has 0 spiro atoms. The van der Waals surface area contributed by atoms with E-state index in [1.165, 1.54) is 17.3 Å². The maximum absolute atomic E-state index is 12.3. The topological polar surface area (TPSA) is 99.1 Å². The summed E-state index contributed by atoms with van der Waals surface area (Å²) >= 11 is 0. The Balaban J connectivity index is 2.83. The van der Waals surface area contributed by atoms with Gasteiger partial charge in [-0.3, -0.25) is 5.41 Å². The van der Waals surface area contributed by atoms with Crippen molar-refractivity contribution in [2.24, 2.45) is 5.73 Å². The average molecular weight is 245 g/mol. The molecule has 0 unspecified atom stereocenters. The number of aliphatic hydroxyl groups excluding tert-OH is 1. The molecular weight excluding hydrogens is 232 g/mol. The van der Waals surface area contributed by atoms with Crippen molar-refractivity contribution in [1.82, 2.24) is 9.97 Å². The van der Waals surface area contributed by atoms with Gasteiger partial charge in [0.15, 0.2) is 0 Å². The van der Waals surface area contributed by atoms with Crippen LogP contribution in [0.4, 0.5) is 14.6 Å². The van der Waals surface area contributed by atoms with E-state index in [2.05, 4.69) is 9.97 Å². The average Bonchev–Trinajstić information content (AvgIpc) is 2.28. The van der Waals surface area contributed by atoms with Crippen LogP contribution >= 0.6 is 0 Å². The Morgan fingerprint density at radius 2 is 2.18 bits per heavy atom. The maximum atomic E-state index is 12.3. The van der Waals surface area contributed by atoms with Gasteiger partial charge in [0.1, 0.15) is 17.3 Å². The highest BCUT2D eigenvalue weighted by Crippen LogP contribution is 2.10. The predicted octanol–water partition coefficient (Wildman–Crippen LogP) is -0.176. The van der Waals surface area contributed by atoms with Crippen molar-refractivity contribution in [3.05, 3.63) is 18.1 Å². The molecule has 0 aliphatic heterocycles. The highest BCUT2D eigenvalue weighted by molar-refractivity contribution is 5.92. The third kappa shape index (κ3) is 3.91. The van der Waals surface area contributed by atoms with E-state index in [9.17, 15) is 8.78 Å². The minimum Gasteiger partial charge on any atom is -0.395 e. The van der Waals surface area contributed by atoms with Crippen molar-refractivity contribution < 1.29 is 13.9 Å². The van der Waals surface area contributed by atoms with Gasteiger partial charge in [0.2, 0.25) is 0 Å². The van der Waals surface area contributed by atoms with Crippen LogP contribution in [-0.4, -0.2) is 47.0 Å². The molecule has 0 fully saturated rings. The Kier molecular flexibility index (Phi) is 4.70. The van der Waals surface area contributed by atoms with Gasteiger partial charge in [-0.1, -0.05) is 0 Å². The van der Waals surface area contributed by atoms with Crippen LogP contribution < -0.4 is 10.6 Å². The fraction of sp³-hybridized carbons (Fsp3) is 0.444. The number of amidine groups is 1. The molecule has 1 heterocycles. The second-order valence-electron chi connectivity index (χ2n) is 3.23. The van der Waals surface area contributed by atoms with Crippen LogP contribution in [0.1, 0.15) is 5.69 Å². The molecule has 94 valence electrons. The molecule has 0 bridgehead atoms. The molecular formula is C9H13F2N5O. The van der Waals surface area contributed by atoms with Crippen LogP contribution in [0.3, 0.4) is 0 Å². The number of nitrogen functional groups attached to an aromatic ring is 1. The summed E-state index contributed by atoms with van der Waals surface area (Å²) in [4.78, 5) is 8.89. The van der Waals surface area contributed by atoms with Gasteiger partial charge in [-0.2, -0.15) is 0 Å². The zero-order valence-electron chi connectivity index (χ0n) is 8.98. The second kappa shape index (κ2) is 6.04. The molecule has 4 N–H and O–H groups in total. The van der Waals surface area contributed by atoms with E-state index in [0.29, 0.717) is 0 Å². The van der Waals surface area contributed by atoms with E-state index >= 15 is 0 Å². The number of aromatic nitrogens is 2. The predicted molar refractivity (Wildman–Crippen MR) is 58.4 cm³/mol. The van der Waals surface area contributed by atoms with E-state index in [1.807, 2.05) is 0 Å². The molecule has 0 saturated heterocycles. The smallest absolute Gasteiger partial charge is 0.255 e. The third-order valence-electron chi connectivity index (χ3n) is 1.97. The monoisotopic (exact) mass is 245 g/mol. The molecule has 0 radical (unpaired) electrons. The molecule has 1 rings (SSSR count). The minimum absolute atomic E-state index is 0.0401.